The minimum Gasteiger partial charge on any atom is -0.361 e. The number of nitrogens with one attached hydrogen (secondary N) is 1. The van der Waals surface area contributed by atoms with Crippen LogP contribution in [0, 0.1) is 0 Å². The number of piperazine rings is 1. The Balaban J connectivity index is 1.39. The minimum atomic E-state index is -0.00863. The lowest BCUT2D eigenvalue weighted by molar-refractivity contribution is -0.129. The summed E-state index contributed by atoms with van der Waals surface area (Å²) in [5.74, 6) is 2.18. The second-order valence-corrected chi connectivity index (χ2v) is 9.12. The average molecular weight is 442 g/mol. The molecule has 1 atom stereocenters. The molecule has 3 aromatic heterocycles. The zero-order valence-corrected chi connectivity index (χ0v) is 18.9. The Labute approximate surface area is 192 Å². The lowest BCUT2D eigenvalue weighted by Gasteiger charge is -2.33. The highest BCUT2D eigenvalue weighted by molar-refractivity contribution is 5.94. The number of nitrogens with zero attached hydrogens (tertiary/aromatic N) is 6. The van der Waals surface area contributed by atoms with Gasteiger partial charge in [0.15, 0.2) is 0 Å². The molecule has 1 aliphatic carbocycles. The number of pyridine rings is 1. The van der Waals surface area contributed by atoms with Crippen molar-refractivity contribution in [2.24, 2.45) is 0 Å². The Bertz CT molecular complexity index is 1360. The lowest BCUT2D eigenvalue weighted by Crippen LogP contribution is -2.48. The lowest BCUT2D eigenvalue weighted by atomic mass is 10.1. The van der Waals surface area contributed by atoms with Crippen LogP contribution in [0.25, 0.3) is 16.7 Å². The van der Waals surface area contributed by atoms with Gasteiger partial charge in [-0.2, -0.15) is 4.98 Å². The molecule has 1 aliphatic heterocycles. The molecule has 2 aliphatic rings. The Morgan fingerprint density at radius 1 is 1.12 bits per heavy atom. The molecule has 2 fully saturated rings. The summed E-state index contributed by atoms with van der Waals surface area (Å²) in [6.45, 7) is 4.04. The first kappa shape index (κ1) is 20.0. The zero-order valence-electron chi connectivity index (χ0n) is 18.9. The molecule has 33 heavy (non-hydrogen) atoms. The number of anilines is 2. The summed E-state index contributed by atoms with van der Waals surface area (Å²) in [7, 11) is 1.86. The maximum atomic E-state index is 12.3. The van der Waals surface area contributed by atoms with E-state index in [0.717, 1.165) is 41.2 Å². The number of carbonyl (C=O) groups is 1. The first-order valence-electron chi connectivity index (χ1n) is 11.6. The van der Waals surface area contributed by atoms with Gasteiger partial charge in [-0.3, -0.25) is 14.2 Å². The molecule has 4 aromatic rings. The normalized spacial score (nSPS) is 17.7. The quantitative estimate of drug-likeness (QED) is 0.510. The molecule has 168 valence electrons. The topological polar surface area (TPSA) is 78.7 Å². The van der Waals surface area contributed by atoms with Gasteiger partial charge < -0.3 is 15.1 Å². The van der Waals surface area contributed by atoms with Crippen LogP contribution in [0.15, 0.2) is 48.8 Å². The van der Waals surface area contributed by atoms with Crippen LogP contribution in [0.2, 0.25) is 0 Å². The number of fused-ring (bicyclic) bond motifs is 3. The summed E-state index contributed by atoms with van der Waals surface area (Å²) in [6.07, 6.45) is 6.16. The highest BCUT2D eigenvalue weighted by Crippen LogP contribution is 2.39. The van der Waals surface area contributed by atoms with Gasteiger partial charge in [-0.15, -0.1) is 0 Å². The second-order valence-electron chi connectivity index (χ2n) is 9.12. The van der Waals surface area contributed by atoms with Gasteiger partial charge >= 0.3 is 0 Å². The highest BCUT2D eigenvalue weighted by atomic mass is 16.2. The summed E-state index contributed by atoms with van der Waals surface area (Å²) in [5, 5.41) is 4.59. The van der Waals surface area contributed by atoms with Gasteiger partial charge in [-0.1, -0.05) is 6.07 Å². The summed E-state index contributed by atoms with van der Waals surface area (Å²) in [6, 6.07) is 12.6. The van der Waals surface area contributed by atoms with Gasteiger partial charge in [0, 0.05) is 55.2 Å². The molecule has 0 radical (unpaired) electrons. The maximum Gasteiger partial charge on any atom is 0.241 e. The van der Waals surface area contributed by atoms with E-state index in [0.29, 0.717) is 18.2 Å². The highest BCUT2D eigenvalue weighted by Gasteiger charge is 2.26. The molecule has 1 amide bonds. The summed E-state index contributed by atoms with van der Waals surface area (Å²) < 4.78 is 2.00. The molecule has 1 saturated heterocycles. The number of aromatic nitrogens is 4. The standard InChI is InChI=1S/C25H27N7O/c1-16(20-4-3-5-21(28-20)17-6-7-17)27-24-19-14-18(31-13-12-30(2)23(33)15-31)8-9-22(19)32-11-10-26-25(32)29-24/h3-5,8-11,14,16-17H,6-7,12-13,15H2,1-2H3,(H,26,27,29)/t16-/m1/s1. The number of hydrogen-bond acceptors (Lipinski definition) is 6. The fourth-order valence-electron chi connectivity index (χ4n) is 4.53. The van der Waals surface area contributed by atoms with Crippen LogP contribution in [0.4, 0.5) is 11.5 Å². The Hall–Kier alpha value is -3.68. The van der Waals surface area contributed by atoms with Crippen molar-refractivity contribution in [3.05, 3.63) is 60.2 Å². The van der Waals surface area contributed by atoms with Gasteiger partial charge in [0.05, 0.1) is 23.8 Å². The van der Waals surface area contributed by atoms with Crippen molar-refractivity contribution >= 4 is 34.1 Å². The van der Waals surface area contributed by atoms with Crippen molar-refractivity contribution in [3.63, 3.8) is 0 Å². The second kappa shape index (κ2) is 7.72. The summed E-state index contributed by atoms with van der Waals surface area (Å²) in [4.78, 5) is 30.3. The van der Waals surface area contributed by atoms with Crippen LogP contribution in [0.1, 0.15) is 43.1 Å². The Morgan fingerprint density at radius 2 is 2.00 bits per heavy atom. The molecule has 0 spiro atoms. The Morgan fingerprint density at radius 3 is 2.82 bits per heavy atom. The number of benzene rings is 1. The van der Waals surface area contributed by atoms with Gasteiger partial charge in [0.2, 0.25) is 11.7 Å². The molecule has 8 nitrogen and oxygen atoms in total. The number of imidazole rings is 1. The van der Waals surface area contributed by atoms with Crippen LogP contribution in [0.3, 0.4) is 0 Å². The summed E-state index contributed by atoms with van der Waals surface area (Å²) >= 11 is 0. The van der Waals surface area contributed by atoms with E-state index in [-0.39, 0.29) is 11.9 Å². The number of hydrogen-bond donors (Lipinski definition) is 1. The molecule has 1 saturated carbocycles. The number of amides is 1. The SMILES string of the molecule is C[C@@H](Nc1nc2nccn2c2ccc(N3CCN(C)C(=O)C3)cc12)c1cccc(C2CC2)n1. The van der Waals surface area contributed by atoms with Crippen molar-refractivity contribution < 1.29 is 4.79 Å². The largest absolute Gasteiger partial charge is 0.361 e. The molecule has 1 N–H and O–H groups in total. The van der Waals surface area contributed by atoms with E-state index in [2.05, 4.69) is 58.5 Å². The van der Waals surface area contributed by atoms with E-state index in [1.54, 1.807) is 11.1 Å². The van der Waals surface area contributed by atoms with Crippen molar-refractivity contribution in [2.75, 3.05) is 36.9 Å². The third-order valence-corrected chi connectivity index (χ3v) is 6.73. The average Bonchev–Trinajstić information content (AvgIpc) is 3.58. The van der Waals surface area contributed by atoms with Crippen LogP contribution >= 0.6 is 0 Å². The van der Waals surface area contributed by atoms with Crippen LogP contribution in [0.5, 0.6) is 0 Å². The molecule has 8 heteroatoms. The van der Waals surface area contributed by atoms with Crippen LogP contribution < -0.4 is 10.2 Å². The zero-order chi connectivity index (χ0) is 22.5. The predicted molar refractivity (Wildman–Crippen MR) is 129 cm³/mol. The molecule has 1 aromatic carbocycles. The fraction of sp³-hybridized carbons (Fsp3) is 0.360. The van der Waals surface area contributed by atoms with E-state index in [9.17, 15) is 4.79 Å². The van der Waals surface area contributed by atoms with E-state index in [4.69, 9.17) is 9.97 Å². The Kier molecular flexibility index (Phi) is 4.67. The van der Waals surface area contributed by atoms with Crippen LogP contribution in [-0.2, 0) is 4.79 Å². The van der Waals surface area contributed by atoms with Gasteiger partial charge in [0.25, 0.3) is 0 Å². The first-order valence-corrected chi connectivity index (χ1v) is 11.6. The first-order chi connectivity index (χ1) is 16.1. The number of rotatable bonds is 5. The summed E-state index contributed by atoms with van der Waals surface area (Å²) in [5.41, 5.74) is 4.24. The van der Waals surface area contributed by atoms with Crippen molar-refractivity contribution in [2.45, 2.75) is 31.7 Å². The van der Waals surface area contributed by atoms with Gasteiger partial charge in [-0.25, -0.2) is 4.98 Å². The van der Waals surface area contributed by atoms with Crippen molar-refractivity contribution in [1.82, 2.24) is 24.3 Å². The third kappa shape index (κ3) is 3.65. The molecular formula is C25H27N7O. The molecular weight excluding hydrogens is 414 g/mol. The maximum absolute atomic E-state index is 12.3. The van der Waals surface area contributed by atoms with Gasteiger partial charge in [-0.05, 0) is 50.1 Å². The molecule has 4 heterocycles. The number of carbonyl (C=O) groups excluding carboxylic acids is 1. The van der Waals surface area contributed by atoms with E-state index >= 15 is 0 Å². The van der Waals surface area contributed by atoms with Crippen molar-refractivity contribution in [1.29, 1.82) is 0 Å². The minimum absolute atomic E-state index is 0.00863. The smallest absolute Gasteiger partial charge is 0.241 e. The van der Waals surface area contributed by atoms with E-state index in [1.807, 2.05) is 17.6 Å². The molecule has 0 unspecified atom stereocenters. The molecule has 0 bridgehead atoms. The third-order valence-electron chi connectivity index (χ3n) is 6.73. The van der Waals surface area contributed by atoms with Crippen LogP contribution in [-0.4, -0.2) is 56.8 Å². The predicted octanol–water partition coefficient (Wildman–Crippen LogP) is 3.61. The monoisotopic (exact) mass is 441 g/mol. The van der Waals surface area contributed by atoms with E-state index < -0.39 is 0 Å². The van der Waals surface area contributed by atoms with E-state index in [1.165, 1.54) is 18.5 Å². The number of likely N-dealkylation sites (N-methyl/N-ethyl adjacent to an activating group) is 1. The fourth-order valence-corrected chi connectivity index (χ4v) is 4.53. The van der Waals surface area contributed by atoms with Crippen molar-refractivity contribution in [3.8, 4) is 0 Å². The van der Waals surface area contributed by atoms with Gasteiger partial charge in [0.1, 0.15) is 5.82 Å². The molecule has 6 rings (SSSR count).